The van der Waals surface area contributed by atoms with E-state index in [2.05, 4.69) is 0 Å². The van der Waals surface area contributed by atoms with E-state index in [4.69, 9.17) is 4.74 Å². The van der Waals surface area contributed by atoms with E-state index in [1.54, 1.807) is 13.0 Å². The van der Waals surface area contributed by atoms with Crippen molar-refractivity contribution in [1.82, 2.24) is 0 Å². The molecular weight excluding hydrogens is 171 g/mol. The van der Waals surface area contributed by atoms with E-state index in [0.29, 0.717) is 16.9 Å². The highest BCUT2D eigenvalue weighted by Gasteiger charge is 2.25. The first kappa shape index (κ1) is 7.98. The van der Waals surface area contributed by atoms with Crippen molar-refractivity contribution in [2.45, 2.75) is 6.92 Å². The summed E-state index contributed by atoms with van der Waals surface area (Å²) in [4.78, 5) is 11.2. The van der Waals surface area contributed by atoms with E-state index in [0.717, 1.165) is 0 Å². The Morgan fingerprint density at radius 2 is 2.15 bits per heavy atom. The first-order valence-electron chi connectivity index (χ1n) is 3.91. The molecule has 0 fully saturated rings. The van der Waals surface area contributed by atoms with Crippen LogP contribution in [0.1, 0.15) is 22.8 Å². The number of carbonyl (C=O) groups excluding carboxylic acids is 1. The van der Waals surface area contributed by atoms with Crippen LogP contribution in [-0.2, 0) is 4.74 Å². The van der Waals surface area contributed by atoms with Gasteiger partial charge in [0.25, 0.3) is 0 Å². The zero-order valence-electron chi connectivity index (χ0n) is 7.00. The van der Waals surface area contributed by atoms with E-state index in [9.17, 15) is 9.18 Å². The fourth-order valence-electron chi connectivity index (χ4n) is 1.32. The second-order valence-corrected chi connectivity index (χ2v) is 2.73. The standard InChI is InChI=1S/C10H7FO2/c1-2-9-8-5-6(11)3-4-7(8)10(12)13-9/h2-5H,1H3/b9-2-. The van der Waals surface area contributed by atoms with Crippen molar-refractivity contribution >= 4 is 11.7 Å². The van der Waals surface area contributed by atoms with Crippen LogP contribution < -0.4 is 0 Å². The van der Waals surface area contributed by atoms with E-state index in [-0.39, 0.29) is 5.82 Å². The maximum absolute atomic E-state index is 12.8. The van der Waals surface area contributed by atoms with Gasteiger partial charge in [-0.1, -0.05) is 0 Å². The van der Waals surface area contributed by atoms with Crippen LogP contribution in [0.15, 0.2) is 24.3 Å². The van der Waals surface area contributed by atoms with Gasteiger partial charge in [0.15, 0.2) is 0 Å². The molecule has 1 aromatic rings. The second kappa shape index (κ2) is 2.69. The largest absolute Gasteiger partial charge is 0.423 e. The molecule has 1 aliphatic rings. The summed E-state index contributed by atoms with van der Waals surface area (Å²) in [5.74, 6) is -0.348. The Labute approximate surface area is 74.6 Å². The van der Waals surface area contributed by atoms with Crippen molar-refractivity contribution < 1.29 is 13.9 Å². The Balaban J connectivity index is 2.66. The molecule has 0 spiro atoms. The molecule has 1 aromatic carbocycles. The van der Waals surface area contributed by atoms with Crippen LogP contribution in [0.4, 0.5) is 4.39 Å². The fourth-order valence-corrected chi connectivity index (χ4v) is 1.32. The quantitative estimate of drug-likeness (QED) is 0.570. The van der Waals surface area contributed by atoms with E-state index in [1.165, 1.54) is 18.2 Å². The van der Waals surface area contributed by atoms with Gasteiger partial charge in [0.05, 0.1) is 5.56 Å². The summed E-state index contributed by atoms with van der Waals surface area (Å²) in [5, 5.41) is 0. The number of rotatable bonds is 0. The average molecular weight is 178 g/mol. The normalized spacial score (nSPS) is 17.4. The Morgan fingerprint density at radius 1 is 1.38 bits per heavy atom. The van der Waals surface area contributed by atoms with Gasteiger partial charge in [0, 0.05) is 5.56 Å². The number of hydrogen-bond donors (Lipinski definition) is 0. The molecule has 0 aliphatic carbocycles. The van der Waals surface area contributed by atoms with Crippen molar-refractivity contribution in [1.29, 1.82) is 0 Å². The molecule has 3 heteroatoms. The highest BCUT2D eigenvalue weighted by Crippen LogP contribution is 2.29. The number of halogens is 1. The number of ether oxygens (including phenoxy) is 1. The molecule has 0 radical (unpaired) electrons. The van der Waals surface area contributed by atoms with Crippen molar-refractivity contribution in [3.05, 3.63) is 41.2 Å². The van der Waals surface area contributed by atoms with Gasteiger partial charge in [-0.3, -0.25) is 0 Å². The average Bonchev–Trinajstić information content (AvgIpc) is 2.42. The lowest BCUT2D eigenvalue weighted by Crippen LogP contribution is -1.92. The van der Waals surface area contributed by atoms with Crippen LogP contribution >= 0.6 is 0 Å². The number of esters is 1. The molecule has 2 rings (SSSR count). The van der Waals surface area contributed by atoms with Crippen LogP contribution in [0.3, 0.4) is 0 Å². The van der Waals surface area contributed by atoms with Gasteiger partial charge in [0.2, 0.25) is 0 Å². The van der Waals surface area contributed by atoms with Gasteiger partial charge in [-0.15, -0.1) is 0 Å². The van der Waals surface area contributed by atoms with Crippen molar-refractivity contribution in [2.24, 2.45) is 0 Å². The molecule has 66 valence electrons. The van der Waals surface area contributed by atoms with E-state index < -0.39 is 5.97 Å². The number of carbonyl (C=O) groups is 1. The fraction of sp³-hybridized carbons (Fsp3) is 0.100. The van der Waals surface area contributed by atoms with Crippen molar-refractivity contribution in [3.8, 4) is 0 Å². The molecule has 2 nitrogen and oxygen atoms in total. The molecule has 0 saturated heterocycles. The third-order valence-electron chi connectivity index (χ3n) is 1.93. The Hall–Kier alpha value is -1.64. The predicted octanol–water partition coefficient (Wildman–Crippen LogP) is 2.36. The Kier molecular flexibility index (Phi) is 1.65. The highest BCUT2D eigenvalue weighted by atomic mass is 19.1. The summed E-state index contributed by atoms with van der Waals surface area (Å²) in [5.41, 5.74) is 0.960. The topological polar surface area (TPSA) is 26.3 Å². The molecule has 0 aromatic heterocycles. The summed E-state index contributed by atoms with van der Waals surface area (Å²) in [6.07, 6.45) is 1.64. The van der Waals surface area contributed by atoms with E-state index in [1.807, 2.05) is 0 Å². The van der Waals surface area contributed by atoms with E-state index >= 15 is 0 Å². The van der Waals surface area contributed by atoms with Gasteiger partial charge in [0.1, 0.15) is 11.6 Å². The van der Waals surface area contributed by atoms with Crippen LogP contribution in [0, 0.1) is 5.82 Å². The van der Waals surface area contributed by atoms with Crippen LogP contribution in [-0.4, -0.2) is 5.97 Å². The van der Waals surface area contributed by atoms with Crippen LogP contribution in [0.25, 0.3) is 5.76 Å². The first-order chi connectivity index (χ1) is 6.22. The lowest BCUT2D eigenvalue weighted by molar-refractivity contribution is 0.0715. The Morgan fingerprint density at radius 3 is 2.85 bits per heavy atom. The van der Waals surface area contributed by atoms with Gasteiger partial charge in [-0.2, -0.15) is 0 Å². The summed E-state index contributed by atoms with van der Waals surface area (Å²) in [6.45, 7) is 1.74. The molecule has 0 bridgehead atoms. The third kappa shape index (κ3) is 1.13. The molecular formula is C10H7FO2. The molecule has 13 heavy (non-hydrogen) atoms. The molecule has 0 unspecified atom stereocenters. The Bertz CT molecular complexity index is 407. The number of allylic oxidation sites excluding steroid dienone is 1. The second-order valence-electron chi connectivity index (χ2n) is 2.73. The molecule has 0 N–H and O–H groups in total. The van der Waals surface area contributed by atoms with Crippen LogP contribution in [0.2, 0.25) is 0 Å². The maximum atomic E-state index is 12.8. The van der Waals surface area contributed by atoms with Crippen molar-refractivity contribution in [3.63, 3.8) is 0 Å². The van der Waals surface area contributed by atoms with Gasteiger partial charge in [-0.05, 0) is 31.2 Å². The number of hydrogen-bond acceptors (Lipinski definition) is 2. The monoisotopic (exact) mass is 178 g/mol. The molecule has 0 atom stereocenters. The predicted molar refractivity (Wildman–Crippen MR) is 45.5 cm³/mol. The molecule has 0 saturated carbocycles. The lowest BCUT2D eigenvalue weighted by atomic mass is 10.1. The molecule has 1 heterocycles. The van der Waals surface area contributed by atoms with Crippen molar-refractivity contribution in [2.75, 3.05) is 0 Å². The first-order valence-corrected chi connectivity index (χ1v) is 3.91. The zero-order valence-corrected chi connectivity index (χ0v) is 7.00. The minimum Gasteiger partial charge on any atom is -0.423 e. The number of fused-ring (bicyclic) bond motifs is 1. The zero-order chi connectivity index (χ0) is 9.42. The number of benzene rings is 1. The minimum atomic E-state index is -0.414. The van der Waals surface area contributed by atoms with Gasteiger partial charge < -0.3 is 4.74 Å². The smallest absolute Gasteiger partial charge is 0.344 e. The van der Waals surface area contributed by atoms with Gasteiger partial charge >= 0.3 is 5.97 Å². The molecule has 0 amide bonds. The summed E-state index contributed by atoms with van der Waals surface area (Å²) in [6, 6.07) is 3.98. The minimum absolute atomic E-state index is 0.364. The molecule has 1 aliphatic heterocycles. The highest BCUT2D eigenvalue weighted by molar-refractivity contribution is 6.02. The lowest BCUT2D eigenvalue weighted by Gasteiger charge is -1.95. The van der Waals surface area contributed by atoms with Crippen LogP contribution in [0.5, 0.6) is 0 Å². The SMILES string of the molecule is C/C=C1\OC(=O)c2ccc(F)cc21. The summed E-state index contributed by atoms with van der Waals surface area (Å²) in [7, 11) is 0. The van der Waals surface area contributed by atoms with Gasteiger partial charge in [-0.25, -0.2) is 9.18 Å². The maximum Gasteiger partial charge on any atom is 0.344 e. The summed E-state index contributed by atoms with van der Waals surface area (Å²) < 4.78 is 17.7. The number of cyclic esters (lactones) is 1. The third-order valence-corrected chi connectivity index (χ3v) is 1.93. The summed E-state index contributed by atoms with van der Waals surface area (Å²) >= 11 is 0.